The molecule has 4 N–H and O–H groups in total. The summed E-state index contributed by atoms with van der Waals surface area (Å²) in [6.45, 7) is 9.05. The maximum absolute atomic E-state index is 11.2. The van der Waals surface area contributed by atoms with E-state index < -0.39 is 0 Å². The van der Waals surface area contributed by atoms with Gasteiger partial charge in [0.15, 0.2) is 0 Å². The summed E-state index contributed by atoms with van der Waals surface area (Å²) >= 11 is 0. The van der Waals surface area contributed by atoms with E-state index in [2.05, 4.69) is 52.0 Å². The van der Waals surface area contributed by atoms with Crippen LogP contribution in [0.1, 0.15) is 113 Å². The van der Waals surface area contributed by atoms with E-state index >= 15 is 0 Å². The maximum Gasteiger partial charge on any atom is 0.126 e. The average Bonchev–Trinajstić information content (AvgIpc) is 3.13. The van der Waals surface area contributed by atoms with Crippen LogP contribution in [-0.4, -0.2) is 48.9 Å². The minimum atomic E-state index is -0.262. The van der Waals surface area contributed by atoms with E-state index in [0.717, 1.165) is 44.5 Å². The van der Waals surface area contributed by atoms with Crippen LogP contribution in [0.15, 0.2) is 48.5 Å². The second-order valence-corrected chi connectivity index (χ2v) is 13.2. The first-order valence-corrected chi connectivity index (χ1v) is 17.9. The van der Waals surface area contributed by atoms with Gasteiger partial charge in [0.05, 0.1) is 26.4 Å². The van der Waals surface area contributed by atoms with Gasteiger partial charge in [-0.15, -0.1) is 0 Å². The number of methoxy groups -OCH3 is 4. The molecule has 4 rings (SSSR count). The number of rotatable bonds is 18. The quantitative estimate of drug-likeness (QED) is 0.0815. The second-order valence-electron chi connectivity index (χ2n) is 13.2. The van der Waals surface area contributed by atoms with E-state index in [1.807, 2.05) is 24.3 Å². The van der Waals surface area contributed by atoms with Crippen LogP contribution in [0.25, 0.3) is 0 Å². The minimum Gasteiger partial charge on any atom is -0.507 e. The first-order valence-electron chi connectivity index (χ1n) is 17.9. The van der Waals surface area contributed by atoms with Crippen molar-refractivity contribution in [2.45, 2.75) is 98.1 Å². The van der Waals surface area contributed by atoms with E-state index in [1.165, 1.54) is 0 Å². The van der Waals surface area contributed by atoms with Gasteiger partial charge in [-0.25, -0.2) is 0 Å². The molecule has 4 aromatic carbocycles. The fraction of sp³-hybridized carbons (Fsp3) is 0.442. The lowest BCUT2D eigenvalue weighted by Crippen LogP contribution is -2.13. The molecule has 51 heavy (non-hydrogen) atoms. The Bertz CT molecular complexity index is 1550. The van der Waals surface area contributed by atoms with Crippen LogP contribution in [0.5, 0.6) is 23.0 Å². The third-order valence-electron chi connectivity index (χ3n) is 9.96. The molecule has 0 bridgehead atoms. The van der Waals surface area contributed by atoms with Gasteiger partial charge in [-0.05, 0) is 101 Å². The van der Waals surface area contributed by atoms with Gasteiger partial charge in [0.25, 0.3) is 0 Å². The number of hydrogen-bond acceptors (Lipinski definition) is 8. The molecule has 0 unspecified atom stereocenters. The lowest BCUT2D eigenvalue weighted by molar-refractivity contribution is 0.174. The largest absolute Gasteiger partial charge is 0.507 e. The van der Waals surface area contributed by atoms with Crippen LogP contribution < -0.4 is 0 Å². The van der Waals surface area contributed by atoms with Crippen molar-refractivity contribution < 1.29 is 39.4 Å². The van der Waals surface area contributed by atoms with Gasteiger partial charge in [-0.1, -0.05) is 52.0 Å². The van der Waals surface area contributed by atoms with Crippen molar-refractivity contribution in [1.29, 1.82) is 0 Å². The molecule has 8 heteroatoms. The third-order valence-corrected chi connectivity index (χ3v) is 9.96. The second kappa shape index (κ2) is 18.4. The van der Waals surface area contributed by atoms with Crippen molar-refractivity contribution >= 4 is 0 Å². The van der Waals surface area contributed by atoms with Gasteiger partial charge < -0.3 is 39.4 Å². The van der Waals surface area contributed by atoms with Crippen molar-refractivity contribution in [2.24, 2.45) is 0 Å². The number of ether oxygens (including phenoxy) is 4. The lowest BCUT2D eigenvalue weighted by Gasteiger charge is -2.29. The summed E-state index contributed by atoms with van der Waals surface area (Å²) in [7, 11) is 6.41. The highest BCUT2D eigenvalue weighted by molar-refractivity contribution is 5.54. The molecule has 0 aliphatic heterocycles. The van der Waals surface area contributed by atoms with Gasteiger partial charge in [-0.3, -0.25) is 0 Å². The molecule has 0 radical (unpaired) electrons. The summed E-state index contributed by atoms with van der Waals surface area (Å²) in [4.78, 5) is 0. The first-order chi connectivity index (χ1) is 24.6. The fourth-order valence-corrected chi connectivity index (χ4v) is 7.26. The maximum atomic E-state index is 11.2. The predicted molar refractivity (Wildman–Crippen MR) is 201 cm³/mol. The molecule has 0 saturated carbocycles. The normalized spacial score (nSPS) is 11.6. The van der Waals surface area contributed by atoms with Gasteiger partial charge >= 0.3 is 0 Å². The van der Waals surface area contributed by atoms with E-state index in [1.54, 1.807) is 28.4 Å². The Morgan fingerprint density at radius 3 is 0.765 bits per heavy atom. The Balaban J connectivity index is 2.11. The first kappa shape index (κ1) is 39.7. The van der Waals surface area contributed by atoms with Crippen molar-refractivity contribution in [3.8, 4) is 23.0 Å². The van der Waals surface area contributed by atoms with Gasteiger partial charge in [-0.2, -0.15) is 0 Å². The number of phenolic OH excluding ortho intramolecular Hbond substituents is 4. The zero-order valence-corrected chi connectivity index (χ0v) is 31.6. The summed E-state index contributed by atoms with van der Waals surface area (Å²) in [6, 6.07) is 16.5. The molecule has 0 aromatic heterocycles. The minimum absolute atomic E-state index is 0.140. The van der Waals surface area contributed by atoms with Gasteiger partial charge in [0.1, 0.15) is 23.0 Å². The smallest absolute Gasteiger partial charge is 0.126 e. The van der Waals surface area contributed by atoms with Crippen molar-refractivity contribution in [3.05, 3.63) is 115 Å². The zero-order chi connectivity index (χ0) is 37.2. The highest BCUT2D eigenvalue weighted by Gasteiger charge is 2.28. The molecule has 0 amide bonds. The molecule has 0 atom stereocenters. The van der Waals surface area contributed by atoms with E-state index in [9.17, 15) is 20.4 Å². The van der Waals surface area contributed by atoms with Crippen molar-refractivity contribution in [2.75, 3.05) is 28.4 Å². The molecule has 0 spiro atoms. The molecule has 0 aliphatic carbocycles. The fourth-order valence-electron chi connectivity index (χ4n) is 7.26. The van der Waals surface area contributed by atoms with E-state index in [0.29, 0.717) is 65.9 Å². The van der Waals surface area contributed by atoms with E-state index in [4.69, 9.17) is 18.9 Å². The number of phenols is 4. The van der Waals surface area contributed by atoms with Crippen LogP contribution in [0.4, 0.5) is 0 Å². The van der Waals surface area contributed by atoms with Crippen LogP contribution in [0.3, 0.4) is 0 Å². The lowest BCUT2D eigenvalue weighted by atomic mass is 9.75. The summed E-state index contributed by atoms with van der Waals surface area (Å²) in [5.74, 6) is 0.529. The SMILES string of the molecule is CCc1cc(C(CC(c2cc(COC)c(O)c(COC)c2)c2cc(COC)c(O)c(COC)c2)c2cc(CC)c(O)c(CC)c2)cc(CC)c1O. The molecular formula is C43H56O8. The van der Waals surface area contributed by atoms with Crippen molar-refractivity contribution in [1.82, 2.24) is 0 Å². The standard InChI is InChI=1S/C43H56O8/c1-9-26-13-30(14-27(10-2)40(26)44)38(31-15-28(11-3)41(45)29(12-4)16-31)21-39(32-17-34(22-48-5)42(46)35(18-32)23-49-6)33-19-36(24-50-7)43(47)37(20-33)25-51-8/h13-20,38-39,44-47H,9-12,21-25H2,1-8H3. The van der Waals surface area contributed by atoms with Gasteiger partial charge in [0, 0.05) is 62.5 Å². The Hall–Kier alpha value is -4.08. The zero-order valence-electron chi connectivity index (χ0n) is 31.6. The molecule has 0 aliphatic rings. The average molecular weight is 701 g/mol. The molecule has 4 aromatic rings. The van der Waals surface area contributed by atoms with Crippen molar-refractivity contribution in [3.63, 3.8) is 0 Å². The highest BCUT2D eigenvalue weighted by atomic mass is 16.5. The van der Waals surface area contributed by atoms with Crippen LogP contribution in [0, 0.1) is 0 Å². The van der Waals surface area contributed by atoms with Crippen LogP contribution in [0.2, 0.25) is 0 Å². The van der Waals surface area contributed by atoms with Crippen LogP contribution in [-0.2, 0) is 71.1 Å². The number of benzene rings is 4. The highest BCUT2D eigenvalue weighted by Crippen LogP contribution is 2.45. The molecule has 0 saturated heterocycles. The number of aromatic hydroxyl groups is 4. The van der Waals surface area contributed by atoms with E-state index in [-0.39, 0.29) is 49.8 Å². The monoisotopic (exact) mass is 700 g/mol. The van der Waals surface area contributed by atoms with Gasteiger partial charge in [0.2, 0.25) is 0 Å². The molecule has 276 valence electrons. The Kier molecular flexibility index (Phi) is 14.3. The van der Waals surface area contributed by atoms with Crippen LogP contribution >= 0.6 is 0 Å². The molecule has 8 nitrogen and oxygen atoms in total. The summed E-state index contributed by atoms with van der Waals surface area (Å²) in [6.07, 6.45) is 3.29. The number of aryl methyl sites for hydroxylation is 4. The Labute approximate surface area is 303 Å². The number of hydrogen-bond donors (Lipinski definition) is 4. The molecule has 0 fully saturated rings. The summed E-state index contributed by atoms with van der Waals surface area (Å²) in [5, 5.41) is 44.8. The Morgan fingerprint density at radius 2 is 0.569 bits per heavy atom. The topological polar surface area (TPSA) is 118 Å². The Morgan fingerprint density at radius 1 is 0.373 bits per heavy atom. The third kappa shape index (κ3) is 8.87. The summed E-state index contributed by atoms with van der Waals surface area (Å²) < 4.78 is 22.1. The molecular weight excluding hydrogens is 644 g/mol. The molecule has 0 heterocycles. The summed E-state index contributed by atoms with van der Waals surface area (Å²) in [5.41, 5.74) is 10.2. The predicted octanol–water partition coefficient (Wildman–Crippen LogP) is 8.70.